The molecule has 0 aliphatic rings. The summed E-state index contributed by atoms with van der Waals surface area (Å²) in [4.78, 5) is 53.2. The number of carbonyl (C=O) groups excluding carboxylic acids is 4. The second-order valence-electron chi connectivity index (χ2n) is 5.75. The Hall–Kier alpha value is -3.76. The average Bonchev–Trinajstić information content (AvgIpc) is 2.77. The van der Waals surface area contributed by atoms with E-state index in [0.717, 1.165) is 0 Å². The molecule has 0 unspecified atom stereocenters. The van der Waals surface area contributed by atoms with Crippen LogP contribution >= 0.6 is 0 Å². The van der Waals surface area contributed by atoms with Crippen LogP contribution in [-0.4, -0.2) is 38.1 Å². The van der Waals surface area contributed by atoms with E-state index in [-0.39, 0.29) is 11.1 Å². The van der Waals surface area contributed by atoms with Gasteiger partial charge < -0.3 is 19.1 Å². The third kappa shape index (κ3) is 5.63. The lowest BCUT2D eigenvalue weighted by Gasteiger charge is -2.07. The first-order chi connectivity index (χ1) is 14.2. The molecule has 2 aromatic carbocycles. The van der Waals surface area contributed by atoms with Crippen LogP contribution in [0.15, 0.2) is 36.4 Å². The minimum Gasteiger partial charge on any atom is -0.465 e. The molecule has 2 rings (SSSR count). The van der Waals surface area contributed by atoms with Crippen molar-refractivity contribution < 1.29 is 38.3 Å². The zero-order valence-electron chi connectivity index (χ0n) is 16.9. The van der Waals surface area contributed by atoms with Gasteiger partial charge in [0.1, 0.15) is 0 Å². The lowest BCUT2D eigenvalue weighted by molar-refractivity contribution is 0.0493. The molecule has 0 fully saturated rings. The molecule has 0 aliphatic carbocycles. The highest BCUT2D eigenvalue weighted by Gasteiger charge is 2.17. The number of esters is 2. The predicted octanol–water partition coefficient (Wildman–Crippen LogP) is 1.62. The van der Waals surface area contributed by atoms with Gasteiger partial charge in [-0.2, -0.15) is 11.8 Å². The van der Waals surface area contributed by atoms with Gasteiger partial charge >= 0.3 is 23.9 Å². The van der Waals surface area contributed by atoms with Crippen LogP contribution < -0.4 is 11.8 Å². The Bertz CT molecular complexity index is 810. The van der Waals surface area contributed by atoms with E-state index in [9.17, 15) is 19.2 Å². The first-order valence-corrected chi connectivity index (χ1v) is 8.41. The van der Waals surface area contributed by atoms with Gasteiger partial charge in [-0.1, -0.05) is 12.1 Å². The standard InChI is InChI=1S/2C10H11NO4/c2*1-6-7(9(12)14-2)4-3-5-8(6)10(13)15-11/h2*3-5H,11H2,1-2H3. The molecule has 0 aliphatic heterocycles. The minimum atomic E-state index is -0.682. The summed E-state index contributed by atoms with van der Waals surface area (Å²) in [5.74, 6) is 7.17. The van der Waals surface area contributed by atoms with Gasteiger partial charge in [0.25, 0.3) is 0 Å². The number of methoxy groups -OCH3 is 2. The zero-order valence-corrected chi connectivity index (χ0v) is 16.9. The Morgan fingerprint density at radius 3 is 1.10 bits per heavy atom. The molecule has 0 bridgehead atoms. The number of rotatable bonds is 4. The molecule has 0 saturated heterocycles. The molecule has 10 heteroatoms. The summed E-state index contributed by atoms with van der Waals surface area (Å²) < 4.78 is 9.13. The van der Waals surface area contributed by atoms with Gasteiger partial charge in [0.2, 0.25) is 0 Å². The lowest BCUT2D eigenvalue weighted by atomic mass is 10.0. The maximum Gasteiger partial charge on any atom is 0.356 e. The molecule has 0 atom stereocenters. The van der Waals surface area contributed by atoms with Crippen LogP contribution in [0.4, 0.5) is 0 Å². The first-order valence-electron chi connectivity index (χ1n) is 8.41. The minimum absolute atomic E-state index is 0.250. The van der Waals surface area contributed by atoms with E-state index in [0.29, 0.717) is 22.3 Å². The molecule has 0 spiro atoms. The molecule has 0 radical (unpaired) electrons. The summed E-state index contributed by atoms with van der Waals surface area (Å²) in [6, 6.07) is 9.30. The fourth-order valence-corrected chi connectivity index (χ4v) is 2.50. The Labute approximate surface area is 172 Å². The van der Waals surface area contributed by atoms with Crippen molar-refractivity contribution in [3.8, 4) is 0 Å². The van der Waals surface area contributed by atoms with Crippen molar-refractivity contribution in [2.24, 2.45) is 11.8 Å². The predicted molar refractivity (Wildman–Crippen MR) is 104 cm³/mol. The number of carbonyl (C=O) groups is 4. The maximum atomic E-state index is 11.3. The van der Waals surface area contributed by atoms with E-state index in [1.807, 2.05) is 0 Å². The van der Waals surface area contributed by atoms with Gasteiger partial charge in [-0.15, -0.1) is 0 Å². The zero-order chi connectivity index (χ0) is 22.8. The van der Waals surface area contributed by atoms with E-state index < -0.39 is 23.9 Å². The number of benzene rings is 2. The summed E-state index contributed by atoms with van der Waals surface area (Å²) in [6.45, 7) is 3.25. The number of ether oxygens (including phenoxy) is 2. The topological polar surface area (TPSA) is 157 Å². The van der Waals surface area contributed by atoms with Crippen molar-refractivity contribution in [3.05, 3.63) is 69.8 Å². The number of nitrogens with two attached hydrogens (primary N) is 2. The van der Waals surface area contributed by atoms with Crippen LogP contribution in [-0.2, 0) is 19.1 Å². The van der Waals surface area contributed by atoms with Crippen LogP contribution in [0.1, 0.15) is 52.6 Å². The highest BCUT2D eigenvalue weighted by atomic mass is 16.7. The third-order valence-corrected chi connectivity index (χ3v) is 4.13. The second kappa shape index (κ2) is 11.3. The maximum absolute atomic E-state index is 11.3. The molecule has 30 heavy (non-hydrogen) atoms. The monoisotopic (exact) mass is 418 g/mol. The summed E-state index contributed by atoms with van der Waals surface area (Å²) in [5, 5.41) is 0. The number of hydrogen-bond acceptors (Lipinski definition) is 10. The van der Waals surface area contributed by atoms with Gasteiger partial charge in [-0.25, -0.2) is 19.2 Å². The van der Waals surface area contributed by atoms with Crippen molar-refractivity contribution in [3.63, 3.8) is 0 Å². The smallest absolute Gasteiger partial charge is 0.356 e. The van der Waals surface area contributed by atoms with Crippen LogP contribution in [0.2, 0.25) is 0 Å². The van der Waals surface area contributed by atoms with E-state index in [4.69, 9.17) is 11.8 Å². The lowest BCUT2D eigenvalue weighted by Crippen LogP contribution is -2.14. The summed E-state index contributed by atoms with van der Waals surface area (Å²) in [7, 11) is 2.55. The van der Waals surface area contributed by atoms with Crippen molar-refractivity contribution in [1.29, 1.82) is 0 Å². The van der Waals surface area contributed by atoms with Gasteiger partial charge in [-0.3, -0.25) is 0 Å². The Morgan fingerprint density at radius 1 is 0.600 bits per heavy atom. The fraction of sp³-hybridized carbons (Fsp3) is 0.200. The van der Waals surface area contributed by atoms with Crippen molar-refractivity contribution in [2.75, 3.05) is 14.2 Å². The summed E-state index contributed by atoms with van der Waals surface area (Å²) in [5.41, 5.74) is 2.11. The highest BCUT2D eigenvalue weighted by molar-refractivity contribution is 5.98. The Morgan fingerprint density at radius 2 is 0.867 bits per heavy atom. The van der Waals surface area contributed by atoms with Gasteiger partial charge in [0.05, 0.1) is 36.5 Å². The van der Waals surface area contributed by atoms with Crippen LogP contribution in [0, 0.1) is 13.8 Å². The molecule has 160 valence electrons. The third-order valence-electron chi connectivity index (χ3n) is 4.13. The Balaban J connectivity index is 0.000000300. The number of hydrogen-bond donors (Lipinski definition) is 2. The van der Waals surface area contributed by atoms with E-state index in [1.54, 1.807) is 38.1 Å². The second-order valence-corrected chi connectivity index (χ2v) is 5.75. The van der Waals surface area contributed by atoms with Gasteiger partial charge in [-0.05, 0) is 49.2 Å². The van der Waals surface area contributed by atoms with Crippen LogP contribution in [0.5, 0.6) is 0 Å². The normalized spacial score (nSPS) is 9.53. The molecular formula is C20H22N2O8. The average molecular weight is 418 g/mol. The van der Waals surface area contributed by atoms with Crippen LogP contribution in [0.3, 0.4) is 0 Å². The summed E-state index contributed by atoms with van der Waals surface area (Å²) >= 11 is 0. The van der Waals surface area contributed by atoms with E-state index in [2.05, 4.69) is 19.1 Å². The van der Waals surface area contributed by atoms with E-state index in [1.165, 1.54) is 26.4 Å². The molecule has 2 aromatic rings. The van der Waals surface area contributed by atoms with Gasteiger partial charge in [0.15, 0.2) is 0 Å². The largest absolute Gasteiger partial charge is 0.465 e. The quantitative estimate of drug-likeness (QED) is 0.552. The van der Waals surface area contributed by atoms with Crippen molar-refractivity contribution >= 4 is 23.9 Å². The SMILES string of the molecule is COC(=O)c1cccc(C(=O)ON)c1C.COC(=O)c1cccc(C(=O)ON)c1C. The molecule has 4 N–H and O–H groups in total. The highest BCUT2D eigenvalue weighted by Crippen LogP contribution is 2.16. The van der Waals surface area contributed by atoms with Crippen molar-refractivity contribution in [2.45, 2.75) is 13.8 Å². The van der Waals surface area contributed by atoms with Gasteiger partial charge in [0, 0.05) is 0 Å². The molecule has 10 nitrogen and oxygen atoms in total. The molecule has 0 amide bonds. The fourth-order valence-electron chi connectivity index (χ4n) is 2.50. The Kier molecular flexibility index (Phi) is 9.14. The molecule has 0 heterocycles. The molecular weight excluding hydrogens is 396 g/mol. The first kappa shape index (κ1) is 24.3. The molecule has 0 aromatic heterocycles. The van der Waals surface area contributed by atoms with Crippen molar-refractivity contribution in [1.82, 2.24) is 0 Å². The summed E-state index contributed by atoms with van der Waals surface area (Å²) in [6.07, 6.45) is 0. The van der Waals surface area contributed by atoms with E-state index >= 15 is 0 Å². The molecule has 0 saturated carbocycles. The van der Waals surface area contributed by atoms with Crippen LogP contribution in [0.25, 0.3) is 0 Å².